The molecule has 0 aliphatic heterocycles. The normalized spacial score (nSPS) is 12.1. The average molecular weight is 253 g/mol. The monoisotopic (exact) mass is 253 g/mol. The fourth-order valence-corrected chi connectivity index (χ4v) is 1.42. The number of rotatable bonds is 7. The fraction of sp³-hybridized carbons (Fsp3) is 0.750. The van der Waals surface area contributed by atoms with E-state index in [2.05, 4.69) is 45.9 Å². The average Bonchev–Trinajstić information content (AvgIpc) is 2.39. The number of nitrogens with one attached hydrogen (secondary N) is 1. The van der Waals surface area contributed by atoms with Crippen molar-refractivity contribution in [1.29, 1.82) is 0 Å². The molecule has 0 fully saturated rings. The molecule has 0 aromatic carbocycles. The van der Waals surface area contributed by atoms with Crippen molar-refractivity contribution in [2.45, 2.75) is 40.2 Å². The Labute approximate surface area is 109 Å². The molecular formula is C12H23N5O. The lowest BCUT2D eigenvalue weighted by atomic mass is 10.3. The van der Waals surface area contributed by atoms with E-state index >= 15 is 0 Å². The molecule has 0 aliphatic rings. The SMILES string of the molecule is CCC(C)Oc1nc(NC)nc(N(CC)CC)n1. The van der Waals surface area contributed by atoms with Gasteiger partial charge in [0.1, 0.15) is 0 Å². The Bertz CT molecular complexity index is 367. The molecule has 1 N–H and O–H groups in total. The number of ether oxygens (including phenoxy) is 1. The lowest BCUT2D eigenvalue weighted by Gasteiger charge is -2.20. The molecule has 0 bridgehead atoms. The minimum atomic E-state index is 0.0988. The lowest BCUT2D eigenvalue weighted by molar-refractivity contribution is 0.199. The molecule has 0 amide bonds. The molecule has 0 spiro atoms. The molecule has 102 valence electrons. The van der Waals surface area contributed by atoms with Crippen LogP contribution in [0.25, 0.3) is 0 Å². The Morgan fingerprint density at radius 2 is 1.83 bits per heavy atom. The molecule has 6 heteroatoms. The number of hydrogen-bond donors (Lipinski definition) is 1. The number of anilines is 2. The summed E-state index contributed by atoms with van der Waals surface area (Å²) in [6.45, 7) is 9.91. The van der Waals surface area contributed by atoms with E-state index in [0.29, 0.717) is 17.9 Å². The first-order valence-corrected chi connectivity index (χ1v) is 6.49. The zero-order valence-electron chi connectivity index (χ0n) is 11.9. The van der Waals surface area contributed by atoms with Gasteiger partial charge in [-0.05, 0) is 27.2 Å². The standard InChI is InChI=1S/C12H23N5O/c1-6-9(4)18-12-15-10(13-5)14-11(16-12)17(7-2)8-3/h9H,6-8H2,1-5H3,(H,13,14,15,16). The van der Waals surface area contributed by atoms with Crippen molar-refractivity contribution in [3.05, 3.63) is 0 Å². The fourth-order valence-electron chi connectivity index (χ4n) is 1.42. The summed E-state index contributed by atoms with van der Waals surface area (Å²) >= 11 is 0. The van der Waals surface area contributed by atoms with E-state index in [1.165, 1.54) is 0 Å². The van der Waals surface area contributed by atoms with Gasteiger partial charge >= 0.3 is 6.01 Å². The molecular weight excluding hydrogens is 230 g/mol. The quantitative estimate of drug-likeness (QED) is 0.801. The van der Waals surface area contributed by atoms with Crippen molar-refractivity contribution in [3.63, 3.8) is 0 Å². The van der Waals surface area contributed by atoms with Crippen LogP contribution >= 0.6 is 0 Å². The topological polar surface area (TPSA) is 63.2 Å². The predicted molar refractivity (Wildman–Crippen MR) is 73.3 cm³/mol. The van der Waals surface area contributed by atoms with Crippen LogP contribution in [0, 0.1) is 0 Å². The smallest absolute Gasteiger partial charge is 0.323 e. The second-order valence-electron chi connectivity index (χ2n) is 4.00. The zero-order chi connectivity index (χ0) is 13.5. The Morgan fingerprint density at radius 3 is 2.33 bits per heavy atom. The second kappa shape index (κ2) is 6.98. The van der Waals surface area contributed by atoms with Crippen LogP contribution in [0.15, 0.2) is 0 Å². The van der Waals surface area contributed by atoms with E-state index in [4.69, 9.17) is 4.74 Å². The summed E-state index contributed by atoms with van der Waals surface area (Å²) in [7, 11) is 1.79. The van der Waals surface area contributed by atoms with Gasteiger partial charge in [-0.15, -0.1) is 0 Å². The van der Waals surface area contributed by atoms with E-state index in [9.17, 15) is 0 Å². The summed E-state index contributed by atoms with van der Waals surface area (Å²) in [6, 6.07) is 0.380. The van der Waals surface area contributed by atoms with Crippen LogP contribution < -0.4 is 15.0 Å². The second-order valence-corrected chi connectivity index (χ2v) is 4.00. The van der Waals surface area contributed by atoms with Crippen molar-refractivity contribution in [2.24, 2.45) is 0 Å². The first-order chi connectivity index (χ1) is 8.64. The third kappa shape index (κ3) is 3.72. The highest BCUT2D eigenvalue weighted by molar-refractivity contribution is 5.37. The van der Waals surface area contributed by atoms with Gasteiger partial charge in [-0.3, -0.25) is 0 Å². The summed E-state index contributed by atoms with van der Waals surface area (Å²) in [4.78, 5) is 15.0. The Kier molecular flexibility index (Phi) is 5.61. The van der Waals surface area contributed by atoms with Crippen LogP contribution in [0.5, 0.6) is 6.01 Å². The summed E-state index contributed by atoms with van der Waals surface area (Å²) in [5, 5.41) is 2.93. The Morgan fingerprint density at radius 1 is 1.17 bits per heavy atom. The Hall–Kier alpha value is -1.59. The van der Waals surface area contributed by atoms with Gasteiger partial charge in [-0.1, -0.05) is 6.92 Å². The molecule has 1 rings (SSSR count). The zero-order valence-corrected chi connectivity index (χ0v) is 11.9. The number of hydrogen-bond acceptors (Lipinski definition) is 6. The largest absolute Gasteiger partial charge is 0.460 e. The number of aromatic nitrogens is 3. The van der Waals surface area contributed by atoms with Crippen molar-refractivity contribution in [3.8, 4) is 6.01 Å². The van der Waals surface area contributed by atoms with E-state index in [0.717, 1.165) is 19.5 Å². The molecule has 0 saturated heterocycles. The van der Waals surface area contributed by atoms with Gasteiger partial charge in [0, 0.05) is 20.1 Å². The molecule has 1 atom stereocenters. The van der Waals surface area contributed by atoms with E-state index in [1.54, 1.807) is 7.05 Å². The highest BCUT2D eigenvalue weighted by Gasteiger charge is 2.12. The van der Waals surface area contributed by atoms with E-state index < -0.39 is 0 Å². The van der Waals surface area contributed by atoms with Crippen molar-refractivity contribution in [1.82, 2.24) is 15.0 Å². The van der Waals surface area contributed by atoms with Gasteiger partial charge in [0.05, 0.1) is 6.10 Å². The van der Waals surface area contributed by atoms with Gasteiger partial charge in [0.15, 0.2) is 0 Å². The summed E-state index contributed by atoms with van der Waals surface area (Å²) in [5.41, 5.74) is 0. The molecule has 1 aromatic rings. The minimum absolute atomic E-state index is 0.0988. The molecule has 6 nitrogen and oxygen atoms in total. The van der Waals surface area contributed by atoms with Gasteiger partial charge in [0.25, 0.3) is 0 Å². The van der Waals surface area contributed by atoms with Crippen molar-refractivity contribution >= 4 is 11.9 Å². The van der Waals surface area contributed by atoms with Gasteiger partial charge in [-0.2, -0.15) is 15.0 Å². The van der Waals surface area contributed by atoms with Gasteiger partial charge in [0.2, 0.25) is 11.9 Å². The van der Waals surface area contributed by atoms with Crippen molar-refractivity contribution in [2.75, 3.05) is 30.4 Å². The predicted octanol–water partition coefficient (Wildman–Crippen LogP) is 1.94. The molecule has 0 saturated carbocycles. The summed E-state index contributed by atoms with van der Waals surface area (Å²) in [6.07, 6.45) is 1.02. The maximum Gasteiger partial charge on any atom is 0.323 e. The molecule has 1 heterocycles. The minimum Gasteiger partial charge on any atom is -0.460 e. The third-order valence-electron chi connectivity index (χ3n) is 2.75. The van der Waals surface area contributed by atoms with Crippen LogP contribution in [0.2, 0.25) is 0 Å². The van der Waals surface area contributed by atoms with Crippen molar-refractivity contribution < 1.29 is 4.74 Å². The summed E-state index contributed by atoms with van der Waals surface area (Å²) in [5.74, 6) is 1.18. The van der Waals surface area contributed by atoms with Crippen LogP contribution in [0.1, 0.15) is 34.1 Å². The van der Waals surface area contributed by atoms with E-state index in [1.807, 2.05) is 6.92 Å². The maximum atomic E-state index is 5.66. The highest BCUT2D eigenvalue weighted by Crippen LogP contribution is 2.16. The van der Waals surface area contributed by atoms with Crippen LogP contribution in [-0.4, -0.2) is 41.2 Å². The third-order valence-corrected chi connectivity index (χ3v) is 2.75. The summed E-state index contributed by atoms with van der Waals surface area (Å²) < 4.78 is 5.66. The van der Waals surface area contributed by atoms with E-state index in [-0.39, 0.29) is 6.10 Å². The molecule has 0 aliphatic carbocycles. The first-order valence-electron chi connectivity index (χ1n) is 6.49. The molecule has 1 unspecified atom stereocenters. The lowest BCUT2D eigenvalue weighted by Crippen LogP contribution is -2.25. The number of nitrogens with zero attached hydrogens (tertiary/aromatic N) is 4. The molecule has 1 aromatic heterocycles. The van der Waals surface area contributed by atoms with Gasteiger partial charge in [-0.25, -0.2) is 0 Å². The first kappa shape index (κ1) is 14.5. The van der Waals surface area contributed by atoms with Crippen LogP contribution in [-0.2, 0) is 0 Å². The Balaban J connectivity index is 3.00. The molecule has 0 radical (unpaired) electrons. The van der Waals surface area contributed by atoms with Crippen LogP contribution in [0.3, 0.4) is 0 Å². The van der Waals surface area contributed by atoms with Gasteiger partial charge < -0.3 is 15.0 Å². The highest BCUT2D eigenvalue weighted by atomic mass is 16.5. The van der Waals surface area contributed by atoms with Crippen LogP contribution in [0.4, 0.5) is 11.9 Å². The molecule has 18 heavy (non-hydrogen) atoms. The maximum absolute atomic E-state index is 5.66.